The molecule has 0 amide bonds. The molecule has 15 aromatic rings. The van der Waals surface area contributed by atoms with Crippen LogP contribution in [0.1, 0.15) is 0 Å². The largest absolute Gasteiger partial charge is 0.310 e. The molecule has 0 radical (unpaired) electrons. The zero-order chi connectivity index (χ0) is 45.2. The lowest BCUT2D eigenvalue weighted by atomic mass is 9.97. The van der Waals surface area contributed by atoms with Crippen molar-refractivity contribution in [3.63, 3.8) is 0 Å². The third-order valence-corrected chi connectivity index (χ3v) is 15.7. The molecule has 0 bridgehead atoms. The Bertz CT molecular complexity index is 4560. The van der Waals surface area contributed by atoms with Crippen LogP contribution in [-0.2, 0) is 0 Å². The second-order valence-corrected chi connectivity index (χ2v) is 19.6. The third-order valence-electron chi connectivity index (χ3n) is 13.6. The summed E-state index contributed by atoms with van der Waals surface area (Å²) in [4.78, 5) is 23.6. The minimum Gasteiger partial charge on any atom is -0.310 e. The standard InChI is InChI=1S/C60H35N7S2/c1-3-9-53-49(7-1)63-59-66(53)55-25-18-41(34-58(55)69-59)37-15-22-45(23-16-37)65(44-20-13-36(14-21-44)40-19-26-57-56(33-40)67-54-10-4-2-8-50(54)64-60(67)68-57)46-24-17-38-30-42(12-11-39(38)31-46)47-27-29-62-52-32-43-6-5-28-61-51(43)35-48(47)52/h1-35H. The lowest BCUT2D eigenvalue weighted by Gasteiger charge is -2.26. The lowest BCUT2D eigenvalue weighted by Crippen LogP contribution is -2.09. The van der Waals surface area contributed by atoms with E-state index in [1.807, 2.05) is 24.5 Å². The summed E-state index contributed by atoms with van der Waals surface area (Å²) in [5, 5.41) is 4.50. The predicted molar refractivity (Wildman–Crippen MR) is 289 cm³/mol. The first-order chi connectivity index (χ1) is 34.1. The molecule has 15 rings (SSSR count). The average molecular weight is 918 g/mol. The van der Waals surface area contributed by atoms with Gasteiger partial charge in [0.2, 0.25) is 0 Å². The van der Waals surface area contributed by atoms with Crippen molar-refractivity contribution in [1.82, 2.24) is 28.7 Å². The van der Waals surface area contributed by atoms with Gasteiger partial charge in [-0.3, -0.25) is 18.8 Å². The van der Waals surface area contributed by atoms with Crippen LogP contribution in [0.15, 0.2) is 213 Å². The number of nitrogens with zero attached hydrogens (tertiary/aromatic N) is 7. The number of rotatable bonds is 6. The highest BCUT2D eigenvalue weighted by atomic mass is 32.1. The summed E-state index contributed by atoms with van der Waals surface area (Å²) in [6, 6.07) is 72.2. The van der Waals surface area contributed by atoms with Crippen LogP contribution in [0.5, 0.6) is 0 Å². The van der Waals surface area contributed by atoms with E-state index < -0.39 is 0 Å². The highest BCUT2D eigenvalue weighted by Gasteiger charge is 2.18. The van der Waals surface area contributed by atoms with Crippen LogP contribution in [0.4, 0.5) is 17.1 Å². The number of hydrogen-bond donors (Lipinski definition) is 0. The van der Waals surface area contributed by atoms with E-state index in [0.29, 0.717) is 0 Å². The summed E-state index contributed by atoms with van der Waals surface area (Å²) in [7, 11) is 0. The highest BCUT2D eigenvalue weighted by Crippen LogP contribution is 2.41. The Balaban J connectivity index is 0.816. The van der Waals surface area contributed by atoms with E-state index in [1.165, 1.54) is 36.9 Å². The van der Waals surface area contributed by atoms with Gasteiger partial charge in [0.1, 0.15) is 0 Å². The van der Waals surface area contributed by atoms with Crippen LogP contribution in [0.2, 0.25) is 0 Å². The smallest absolute Gasteiger partial charge is 0.195 e. The van der Waals surface area contributed by atoms with Gasteiger partial charge in [0.05, 0.1) is 53.5 Å². The van der Waals surface area contributed by atoms with Gasteiger partial charge >= 0.3 is 0 Å². The van der Waals surface area contributed by atoms with Gasteiger partial charge in [-0.2, -0.15) is 0 Å². The van der Waals surface area contributed by atoms with E-state index in [-0.39, 0.29) is 0 Å². The number of para-hydroxylation sites is 4. The Labute approximate surface area is 402 Å². The van der Waals surface area contributed by atoms with Gasteiger partial charge in [0.25, 0.3) is 0 Å². The summed E-state index contributed by atoms with van der Waals surface area (Å²) in [5.74, 6) is 0. The van der Waals surface area contributed by atoms with Crippen molar-refractivity contribution < 1.29 is 0 Å². The molecular formula is C60H35N7S2. The molecule has 0 saturated carbocycles. The van der Waals surface area contributed by atoms with E-state index in [9.17, 15) is 0 Å². The molecule has 9 heteroatoms. The fraction of sp³-hybridized carbons (Fsp3) is 0. The zero-order valence-corrected chi connectivity index (χ0v) is 38.3. The molecule has 9 aromatic carbocycles. The molecule has 0 atom stereocenters. The topological polar surface area (TPSA) is 63.6 Å². The first kappa shape index (κ1) is 38.4. The molecule has 0 spiro atoms. The fourth-order valence-corrected chi connectivity index (χ4v) is 12.4. The monoisotopic (exact) mass is 917 g/mol. The molecule has 0 fully saturated rings. The van der Waals surface area contributed by atoms with Gasteiger partial charge in [-0.15, -0.1) is 0 Å². The van der Waals surface area contributed by atoms with E-state index in [1.54, 1.807) is 22.7 Å². The van der Waals surface area contributed by atoms with Crippen LogP contribution in [0, 0.1) is 0 Å². The van der Waals surface area contributed by atoms with Gasteiger partial charge in [0, 0.05) is 40.2 Å². The summed E-state index contributed by atoms with van der Waals surface area (Å²) in [6.45, 7) is 0. The first-order valence-electron chi connectivity index (χ1n) is 22.9. The van der Waals surface area contributed by atoms with Gasteiger partial charge in [-0.05, 0) is 159 Å². The summed E-state index contributed by atoms with van der Waals surface area (Å²) in [5.41, 5.74) is 18.8. The second-order valence-electron chi connectivity index (χ2n) is 17.6. The van der Waals surface area contributed by atoms with Crippen LogP contribution in [0.25, 0.3) is 118 Å². The molecule has 0 aliphatic carbocycles. The van der Waals surface area contributed by atoms with E-state index in [0.717, 1.165) is 98.5 Å². The molecule has 6 heterocycles. The Kier molecular flexibility index (Phi) is 8.27. The average Bonchev–Trinajstić information content (AvgIpc) is 4.16. The Morgan fingerprint density at radius 1 is 0.348 bits per heavy atom. The number of imidazole rings is 2. The third kappa shape index (κ3) is 6.11. The SMILES string of the molecule is c1cnc2cc3c(-c4ccc5cc(N(c6ccc(-c7ccc8c(c7)sc7nc9ccccc9n78)cc6)c6ccc(-c7ccc8sc9nc%10ccccc%10n9c8c7)cc6)ccc5c4)ccnc3cc2c1. The summed E-state index contributed by atoms with van der Waals surface area (Å²) in [6.07, 6.45) is 3.75. The van der Waals surface area contributed by atoms with Crippen molar-refractivity contribution in [3.05, 3.63) is 213 Å². The van der Waals surface area contributed by atoms with Crippen LogP contribution < -0.4 is 4.90 Å². The maximum absolute atomic E-state index is 4.92. The molecule has 7 nitrogen and oxygen atoms in total. The predicted octanol–water partition coefficient (Wildman–Crippen LogP) is 16.4. The lowest BCUT2D eigenvalue weighted by molar-refractivity contribution is 1.29. The quantitative estimate of drug-likeness (QED) is 0.156. The molecular weight excluding hydrogens is 883 g/mol. The van der Waals surface area contributed by atoms with Crippen LogP contribution in [-0.4, -0.2) is 28.7 Å². The Morgan fingerprint density at radius 3 is 1.72 bits per heavy atom. The fourth-order valence-electron chi connectivity index (χ4n) is 10.3. The highest BCUT2D eigenvalue weighted by molar-refractivity contribution is 7.24. The number of aromatic nitrogens is 6. The van der Waals surface area contributed by atoms with Crippen molar-refractivity contribution >= 4 is 125 Å². The molecule has 0 unspecified atom stereocenters. The number of anilines is 3. The molecule has 0 aliphatic rings. The van der Waals surface area contributed by atoms with Gasteiger partial charge in [0.15, 0.2) is 9.92 Å². The minimum absolute atomic E-state index is 0.962. The number of fused-ring (bicyclic) bond motifs is 13. The maximum atomic E-state index is 4.92. The maximum Gasteiger partial charge on any atom is 0.195 e. The Morgan fingerprint density at radius 2 is 0.957 bits per heavy atom. The summed E-state index contributed by atoms with van der Waals surface area (Å²) < 4.78 is 7.00. The van der Waals surface area contributed by atoms with Gasteiger partial charge in [-0.25, -0.2) is 9.97 Å². The molecule has 69 heavy (non-hydrogen) atoms. The Hall–Kier alpha value is -8.76. The molecule has 322 valence electrons. The van der Waals surface area contributed by atoms with Crippen LogP contribution >= 0.6 is 22.7 Å². The number of pyridine rings is 2. The van der Waals surface area contributed by atoms with Gasteiger partial charge in [-0.1, -0.05) is 108 Å². The van der Waals surface area contributed by atoms with Crippen molar-refractivity contribution in [2.45, 2.75) is 0 Å². The molecule has 0 saturated heterocycles. The number of thiazole rings is 2. The molecule has 0 aliphatic heterocycles. The van der Waals surface area contributed by atoms with Crippen LogP contribution in [0.3, 0.4) is 0 Å². The van der Waals surface area contributed by atoms with E-state index in [2.05, 4.69) is 207 Å². The van der Waals surface area contributed by atoms with Crippen molar-refractivity contribution in [3.8, 4) is 33.4 Å². The van der Waals surface area contributed by atoms with Crippen molar-refractivity contribution in [2.75, 3.05) is 4.90 Å². The van der Waals surface area contributed by atoms with E-state index in [4.69, 9.17) is 15.0 Å². The molecule has 0 N–H and O–H groups in total. The number of benzene rings is 9. The first-order valence-corrected chi connectivity index (χ1v) is 24.6. The molecule has 6 aromatic heterocycles. The number of hydrogen-bond acceptors (Lipinski definition) is 7. The van der Waals surface area contributed by atoms with Crippen molar-refractivity contribution in [1.29, 1.82) is 0 Å². The normalized spacial score (nSPS) is 12.1. The minimum atomic E-state index is 0.962. The van der Waals surface area contributed by atoms with E-state index >= 15 is 0 Å². The zero-order valence-electron chi connectivity index (χ0n) is 36.7. The summed E-state index contributed by atoms with van der Waals surface area (Å²) >= 11 is 3.47. The van der Waals surface area contributed by atoms with Crippen molar-refractivity contribution in [2.24, 2.45) is 0 Å². The second kappa shape index (κ2) is 14.9. The van der Waals surface area contributed by atoms with Gasteiger partial charge < -0.3 is 4.90 Å².